The second kappa shape index (κ2) is 8.28. The van der Waals surface area contributed by atoms with Gasteiger partial charge in [0.05, 0.1) is 5.71 Å². The molecule has 0 saturated heterocycles. The lowest BCUT2D eigenvalue weighted by atomic mass is 10.1. The van der Waals surface area contributed by atoms with Crippen molar-refractivity contribution in [1.29, 1.82) is 0 Å². The van der Waals surface area contributed by atoms with Crippen molar-refractivity contribution in [2.75, 3.05) is 5.32 Å². The summed E-state index contributed by atoms with van der Waals surface area (Å²) >= 11 is 4.75. The SMILES string of the molecule is CC/C(=N\N=C(N)N)c1ccc(NC(N)=S)cc1.Cl. The molecule has 19 heavy (non-hydrogen) atoms. The molecule has 0 fully saturated rings. The van der Waals surface area contributed by atoms with E-state index in [1.165, 1.54) is 0 Å². The fourth-order valence-corrected chi connectivity index (χ4v) is 1.46. The zero-order valence-electron chi connectivity index (χ0n) is 10.5. The molecule has 104 valence electrons. The summed E-state index contributed by atoms with van der Waals surface area (Å²) in [5, 5.41) is 10.7. The van der Waals surface area contributed by atoms with Crippen LogP contribution < -0.4 is 22.5 Å². The fraction of sp³-hybridized carbons (Fsp3) is 0.182. The van der Waals surface area contributed by atoms with Crippen LogP contribution in [0.25, 0.3) is 0 Å². The fourth-order valence-electron chi connectivity index (χ4n) is 1.34. The van der Waals surface area contributed by atoms with Crippen molar-refractivity contribution < 1.29 is 0 Å². The van der Waals surface area contributed by atoms with Crippen molar-refractivity contribution in [1.82, 2.24) is 0 Å². The van der Waals surface area contributed by atoms with Crippen molar-refractivity contribution in [3.8, 4) is 0 Å². The molecule has 0 aliphatic carbocycles. The van der Waals surface area contributed by atoms with Gasteiger partial charge in [-0.05, 0) is 36.3 Å². The Morgan fingerprint density at radius 2 is 1.74 bits per heavy atom. The minimum absolute atomic E-state index is 0. The maximum atomic E-state index is 5.38. The first-order chi connectivity index (χ1) is 8.52. The van der Waals surface area contributed by atoms with E-state index in [0.29, 0.717) is 0 Å². The molecule has 0 radical (unpaired) electrons. The van der Waals surface area contributed by atoms with Crippen molar-refractivity contribution >= 4 is 47.1 Å². The summed E-state index contributed by atoms with van der Waals surface area (Å²) in [6.45, 7) is 1.97. The lowest BCUT2D eigenvalue weighted by molar-refractivity contribution is 1.15. The van der Waals surface area contributed by atoms with E-state index in [-0.39, 0.29) is 23.5 Å². The van der Waals surface area contributed by atoms with Crippen LogP contribution in [0.3, 0.4) is 0 Å². The van der Waals surface area contributed by atoms with Crippen molar-refractivity contribution in [3.05, 3.63) is 29.8 Å². The third-order valence-corrected chi connectivity index (χ3v) is 2.21. The number of thiocarbonyl (C=S) groups is 1. The van der Waals surface area contributed by atoms with Gasteiger partial charge in [-0.1, -0.05) is 19.1 Å². The minimum atomic E-state index is -0.0623. The highest BCUT2D eigenvalue weighted by Crippen LogP contribution is 2.11. The molecule has 7 N–H and O–H groups in total. The summed E-state index contributed by atoms with van der Waals surface area (Å²) in [5.41, 5.74) is 18.4. The molecule has 0 amide bonds. The highest BCUT2D eigenvalue weighted by atomic mass is 35.5. The first-order valence-corrected chi connectivity index (χ1v) is 5.76. The average Bonchev–Trinajstić information content (AvgIpc) is 2.31. The molecule has 1 aromatic rings. The molecule has 0 bridgehead atoms. The maximum absolute atomic E-state index is 5.38. The normalized spacial score (nSPS) is 10.3. The zero-order valence-corrected chi connectivity index (χ0v) is 12.1. The number of hydrogen-bond acceptors (Lipinski definition) is 3. The van der Waals surface area contributed by atoms with Gasteiger partial charge in [0.25, 0.3) is 0 Å². The molecule has 1 aromatic carbocycles. The van der Waals surface area contributed by atoms with Crippen molar-refractivity contribution in [2.45, 2.75) is 13.3 Å². The third-order valence-electron chi connectivity index (χ3n) is 2.11. The summed E-state index contributed by atoms with van der Waals surface area (Å²) in [7, 11) is 0. The molecule has 0 heterocycles. The minimum Gasteiger partial charge on any atom is -0.376 e. The van der Waals surface area contributed by atoms with Gasteiger partial charge in [0, 0.05) is 5.69 Å². The van der Waals surface area contributed by atoms with Crippen LogP contribution in [0.5, 0.6) is 0 Å². The number of benzene rings is 1. The van der Waals surface area contributed by atoms with Crippen LogP contribution in [0.2, 0.25) is 0 Å². The van der Waals surface area contributed by atoms with Crippen LogP contribution in [0, 0.1) is 0 Å². The maximum Gasteiger partial charge on any atom is 0.211 e. The number of halogens is 1. The summed E-state index contributed by atoms with van der Waals surface area (Å²) in [4.78, 5) is 0. The molecule has 0 spiro atoms. The zero-order chi connectivity index (χ0) is 13.5. The number of nitrogens with two attached hydrogens (primary N) is 3. The van der Waals surface area contributed by atoms with E-state index in [0.717, 1.165) is 23.4 Å². The topological polar surface area (TPSA) is 115 Å². The van der Waals surface area contributed by atoms with Gasteiger partial charge in [0.2, 0.25) is 5.96 Å². The number of nitrogens with one attached hydrogen (secondary N) is 1. The van der Waals surface area contributed by atoms with Crippen LogP contribution in [0.15, 0.2) is 34.5 Å². The Hall–Kier alpha value is -1.86. The monoisotopic (exact) mass is 300 g/mol. The van der Waals surface area contributed by atoms with Crippen molar-refractivity contribution in [2.24, 2.45) is 27.4 Å². The molecule has 6 nitrogen and oxygen atoms in total. The van der Waals surface area contributed by atoms with Gasteiger partial charge < -0.3 is 22.5 Å². The van der Waals surface area contributed by atoms with Gasteiger partial charge >= 0.3 is 0 Å². The smallest absolute Gasteiger partial charge is 0.211 e. The van der Waals surface area contributed by atoms with E-state index in [1.807, 2.05) is 31.2 Å². The van der Waals surface area contributed by atoms with E-state index in [1.54, 1.807) is 0 Å². The summed E-state index contributed by atoms with van der Waals surface area (Å²) < 4.78 is 0. The van der Waals surface area contributed by atoms with Crippen LogP contribution in [0.1, 0.15) is 18.9 Å². The van der Waals surface area contributed by atoms with E-state index >= 15 is 0 Å². The van der Waals surface area contributed by atoms with Gasteiger partial charge in [0.1, 0.15) is 0 Å². The van der Waals surface area contributed by atoms with E-state index in [2.05, 4.69) is 15.5 Å². The summed E-state index contributed by atoms with van der Waals surface area (Å²) in [6.07, 6.45) is 0.721. The van der Waals surface area contributed by atoms with Gasteiger partial charge in [-0.2, -0.15) is 5.10 Å². The Labute approximate surface area is 123 Å². The first kappa shape index (κ1) is 17.1. The number of nitrogens with zero attached hydrogens (tertiary/aromatic N) is 2. The highest BCUT2D eigenvalue weighted by molar-refractivity contribution is 7.80. The Balaban J connectivity index is 0.00000324. The highest BCUT2D eigenvalue weighted by Gasteiger charge is 2.01. The average molecular weight is 301 g/mol. The third kappa shape index (κ3) is 6.03. The van der Waals surface area contributed by atoms with Crippen LogP contribution in [-0.4, -0.2) is 16.8 Å². The molecule has 0 aromatic heterocycles. The Morgan fingerprint density at radius 1 is 1.16 bits per heavy atom. The Kier molecular flexibility index (Phi) is 7.47. The van der Waals surface area contributed by atoms with E-state index in [4.69, 9.17) is 29.4 Å². The molecular weight excluding hydrogens is 284 g/mol. The molecule has 0 saturated carbocycles. The van der Waals surface area contributed by atoms with Gasteiger partial charge in [-0.15, -0.1) is 17.5 Å². The van der Waals surface area contributed by atoms with Gasteiger partial charge in [-0.3, -0.25) is 0 Å². The predicted molar refractivity (Wildman–Crippen MR) is 86.7 cm³/mol. The lowest BCUT2D eigenvalue weighted by Crippen LogP contribution is -2.22. The first-order valence-electron chi connectivity index (χ1n) is 5.35. The number of guanidine groups is 1. The number of rotatable bonds is 4. The molecule has 0 atom stereocenters. The molecular formula is C11H17ClN6S. The standard InChI is InChI=1S/C11H16N6S.ClH/c1-2-9(16-17-10(12)13)7-3-5-8(6-4-7)15-11(14)18;/h3-6H,2H2,1H3,(H4,12,13,17)(H3,14,15,18);1H/b16-9+;. The van der Waals surface area contributed by atoms with Gasteiger partial charge in [-0.25, -0.2) is 0 Å². The molecule has 1 rings (SSSR count). The molecule has 0 unspecified atom stereocenters. The molecule has 8 heteroatoms. The summed E-state index contributed by atoms with van der Waals surface area (Å²) in [6, 6.07) is 7.50. The van der Waals surface area contributed by atoms with Crippen LogP contribution >= 0.6 is 24.6 Å². The molecule has 0 aliphatic heterocycles. The van der Waals surface area contributed by atoms with Crippen LogP contribution in [-0.2, 0) is 0 Å². The Bertz CT molecular complexity index is 478. The Morgan fingerprint density at radius 3 is 2.16 bits per heavy atom. The summed E-state index contributed by atoms with van der Waals surface area (Å²) in [5.74, 6) is -0.0623. The second-order valence-corrected chi connectivity index (χ2v) is 3.93. The second-order valence-electron chi connectivity index (χ2n) is 3.49. The predicted octanol–water partition coefficient (Wildman–Crippen LogP) is 1.15. The van der Waals surface area contributed by atoms with Crippen molar-refractivity contribution in [3.63, 3.8) is 0 Å². The quantitative estimate of drug-likeness (QED) is 0.288. The lowest BCUT2D eigenvalue weighted by Gasteiger charge is -2.06. The van der Waals surface area contributed by atoms with Crippen LogP contribution in [0.4, 0.5) is 5.69 Å². The largest absolute Gasteiger partial charge is 0.376 e. The van der Waals surface area contributed by atoms with E-state index < -0.39 is 0 Å². The number of hydrogen-bond donors (Lipinski definition) is 4. The number of anilines is 1. The van der Waals surface area contributed by atoms with Gasteiger partial charge in [0.15, 0.2) is 5.11 Å². The van der Waals surface area contributed by atoms with E-state index in [9.17, 15) is 0 Å². The molecule has 0 aliphatic rings.